The fourth-order valence-electron chi connectivity index (χ4n) is 2.42. The van der Waals surface area contributed by atoms with Crippen LogP contribution in [0.5, 0.6) is 0 Å². The summed E-state index contributed by atoms with van der Waals surface area (Å²) in [7, 11) is 0. The number of urea groups is 1. The molecule has 6 nitrogen and oxygen atoms in total. The van der Waals surface area contributed by atoms with Crippen LogP contribution in [0.2, 0.25) is 0 Å². The first kappa shape index (κ1) is 17.8. The van der Waals surface area contributed by atoms with Crippen molar-refractivity contribution in [1.29, 1.82) is 0 Å². The number of unbranched alkanes of at least 4 members (excludes halogenated alkanes) is 1. The Kier molecular flexibility index (Phi) is 8.12. The van der Waals surface area contributed by atoms with E-state index >= 15 is 0 Å². The van der Waals surface area contributed by atoms with Gasteiger partial charge in [-0.15, -0.1) is 0 Å². The quantitative estimate of drug-likeness (QED) is 0.720. The number of nitrogens with zero attached hydrogens (tertiary/aromatic N) is 1. The van der Waals surface area contributed by atoms with E-state index in [1.807, 2.05) is 11.8 Å². The lowest BCUT2D eigenvalue weighted by Crippen LogP contribution is -2.48. The molecule has 1 fully saturated rings. The predicted octanol–water partition coefficient (Wildman–Crippen LogP) is 2.23. The minimum absolute atomic E-state index is 0.00240. The molecule has 1 aliphatic rings. The molecule has 0 spiro atoms. The second kappa shape index (κ2) is 9.60. The van der Waals surface area contributed by atoms with Gasteiger partial charge in [0, 0.05) is 19.1 Å². The summed E-state index contributed by atoms with van der Waals surface area (Å²) in [6, 6.07) is 0.213. The lowest BCUT2D eigenvalue weighted by Gasteiger charge is -2.32. The number of carbonyl (C=O) groups is 2. The fraction of sp³-hybridized carbons (Fsp3) is 0.867. The zero-order valence-corrected chi connectivity index (χ0v) is 13.1. The molecule has 0 saturated carbocycles. The molecule has 1 rings (SSSR count). The van der Waals surface area contributed by atoms with Gasteiger partial charge in [-0.2, -0.15) is 0 Å². The molecule has 1 aliphatic heterocycles. The minimum atomic E-state index is -0.840. The highest BCUT2D eigenvalue weighted by Crippen LogP contribution is 2.14. The van der Waals surface area contributed by atoms with Crippen LogP contribution in [0, 0.1) is 0 Å². The van der Waals surface area contributed by atoms with E-state index in [1.165, 1.54) is 0 Å². The van der Waals surface area contributed by atoms with Crippen LogP contribution in [0.1, 0.15) is 52.4 Å². The summed E-state index contributed by atoms with van der Waals surface area (Å²) >= 11 is 0. The monoisotopic (exact) mass is 300 g/mol. The summed E-state index contributed by atoms with van der Waals surface area (Å²) in [5.74, 6) is -0.840. The van der Waals surface area contributed by atoms with Crippen molar-refractivity contribution in [2.45, 2.75) is 64.5 Å². The molecule has 6 heteroatoms. The van der Waals surface area contributed by atoms with Crippen molar-refractivity contribution >= 4 is 12.0 Å². The molecule has 2 amide bonds. The lowest BCUT2D eigenvalue weighted by atomic mass is 10.1. The van der Waals surface area contributed by atoms with Gasteiger partial charge in [-0.3, -0.25) is 4.79 Å². The molecular formula is C15H28N2O4. The SMILES string of the molecule is CCCCC(C)NC(=O)N1CCC(OCCC(=O)O)CC1. The molecule has 0 aromatic carbocycles. The van der Waals surface area contributed by atoms with Gasteiger partial charge in [0.25, 0.3) is 0 Å². The molecule has 122 valence electrons. The van der Waals surface area contributed by atoms with Gasteiger partial charge in [-0.25, -0.2) is 4.79 Å². The molecule has 1 saturated heterocycles. The van der Waals surface area contributed by atoms with Crippen LogP contribution >= 0.6 is 0 Å². The van der Waals surface area contributed by atoms with Crippen molar-refractivity contribution in [3.63, 3.8) is 0 Å². The lowest BCUT2D eigenvalue weighted by molar-refractivity contribution is -0.138. The number of carboxylic acids is 1. The Hall–Kier alpha value is -1.30. The van der Waals surface area contributed by atoms with Crippen LogP contribution in [-0.4, -0.2) is 53.8 Å². The number of carbonyl (C=O) groups excluding carboxylic acids is 1. The van der Waals surface area contributed by atoms with Crippen LogP contribution in [-0.2, 0) is 9.53 Å². The van der Waals surface area contributed by atoms with Gasteiger partial charge in [0.05, 0.1) is 19.1 Å². The van der Waals surface area contributed by atoms with Gasteiger partial charge in [0.2, 0.25) is 0 Å². The molecule has 1 heterocycles. The molecule has 0 aromatic rings. The summed E-state index contributed by atoms with van der Waals surface area (Å²) in [6.45, 7) is 5.77. The summed E-state index contributed by atoms with van der Waals surface area (Å²) in [5, 5.41) is 11.6. The van der Waals surface area contributed by atoms with Gasteiger partial charge in [-0.1, -0.05) is 19.8 Å². The molecule has 0 aromatic heterocycles. The van der Waals surface area contributed by atoms with Gasteiger partial charge in [-0.05, 0) is 26.2 Å². The van der Waals surface area contributed by atoms with E-state index in [2.05, 4.69) is 12.2 Å². The zero-order chi connectivity index (χ0) is 15.7. The number of rotatable bonds is 8. The third kappa shape index (κ3) is 7.32. The third-order valence-electron chi connectivity index (χ3n) is 3.76. The minimum Gasteiger partial charge on any atom is -0.481 e. The maximum Gasteiger partial charge on any atom is 0.317 e. The maximum absolute atomic E-state index is 12.1. The van der Waals surface area contributed by atoms with E-state index in [-0.39, 0.29) is 31.2 Å². The number of likely N-dealkylation sites (tertiary alicyclic amines) is 1. The molecule has 21 heavy (non-hydrogen) atoms. The topological polar surface area (TPSA) is 78.9 Å². The Balaban J connectivity index is 2.19. The molecule has 2 N–H and O–H groups in total. The van der Waals surface area contributed by atoms with Crippen LogP contribution in [0.15, 0.2) is 0 Å². The Morgan fingerprint density at radius 3 is 2.62 bits per heavy atom. The normalized spacial score (nSPS) is 17.5. The zero-order valence-electron chi connectivity index (χ0n) is 13.1. The number of hydrogen-bond donors (Lipinski definition) is 2. The number of nitrogens with one attached hydrogen (secondary N) is 1. The molecular weight excluding hydrogens is 272 g/mol. The first-order chi connectivity index (χ1) is 10.0. The average molecular weight is 300 g/mol. The summed E-state index contributed by atoms with van der Waals surface area (Å²) in [4.78, 5) is 24.3. The number of piperidine rings is 1. The van der Waals surface area contributed by atoms with Crippen molar-refractivity contribution in [3.8, 4) is 0 Å². The van der Waals surface area contributed by atoms with E-state index in [0.29, 0.717) is 13.1 Å². The molecule has 0 radical (unpaired) electrons. The standard InChI is InChI=1S/C15H28N2O4/c1-3-4-5-12(2)16-15(20)17-9-6-13(7-10-17)21-11-8-14(18)19/h12-13H,3-11H2,1-2H3,(H,16,20)(H,18,19). The van der Waals surface area contributed by atoms with Crippen LogP contribution in [0.4, 0.5) is 4.79 Å². The van der Waals surface area contributed by atoms with Gasteiger partial charge < -0.3 is 20.1 Å². The van der Waals surface area contributed by atoms with Crippen molar-refractivity contribution in [2.24, 2.45) is 0 Å². The van der Waals surface area contributed by atoms with E-state index in [1.54, 1.807) is 0 Å². The van der Waals surface area contributed by atoms with E-state index in [0.717, 1.165) is 32.1 Å². The average Bonchev–Trinajstić information content (AvgIpc) is 2.45. The van der Waals surface area contributed by atoms with E-state index < -0.39 is 5.97 Å². The van der Waals surface area contributed by atoms with Crippen LogP contribution < -0.4 is 5.32 Å². The second-order valence-corrected chi connectivity index (χ2v) is 5.69. The largest absolute Gasteiger partial charge is 0.481 e. The summed E-state index contributed by atoms with van der Waals surface area (Å²) < 4.78 is 5.52. The Bertz CT molecular complexity index is 328. The number of carboxylic acid groups (broad SMARTS) is 1. The van der Waals surface area contributed by atoms with Crippen molar-refractivity contribution in [1.82, 2.24) is 10.2 Å². The van der Waals surface area contributed by atoms with Crippen molar-refractivity contribution in [3.05, 3.63) is 0 Å². The van der Waals surface area contributed by atoms with E-state index in [9.17, 15) is 9.59 Å². The third-order valence-corrected chi connectivity index (χ3v) is 3.76. The summed E-state index contributed by atoms with van der Waals surface area (Å²) in [6.07, 6.45) is 4.94. The van der Waals surface area contributed by atoms with Crippen LogP contribution in [0.3, 0.4) is 0 Å². The van der Waals surface area contributed by atoms with Gasteiger partial charge in [0.15, 0.2) is 0 Å². The van der Waals surface area contributed by atoms with Crippen molar-refractivity contribution in [2.75, 3.05) is 19.7 Å². The van der Waals surface area contributed by atoms with Crippen LogP contribution in [0.25, 0.3) is 0 Å². The molecule has 0 aliphatic carbocycles. The summed E-state index contributed by atoms with van der Waals surface area (Å²) in [5.41, 5.74) is 0. The van der Waals surface area contributed by atoms with Gasteiger partial charge in [0.1, 0.15) is 0 Å². The maximum atomic E-state index is 12.1. The van der Waals surface area contributed by atoms with E-state index in [4.69, 9.17) is 9.84 Å². The Morgan fingerprint density at radius 2 is 2.05 bits per heavy atom. The highest BCUT2D eigenvalue weighted by Gasteiger charge is 2.23. The van der Waals surface area contributed by atoms with Gasteiger partial charge >= 0.3 is 12.0 Å². The number of aliphatic carboxylic acids is 1. The predicted molar refractivity (Wildman–Crippen MR) is 80.3 cm³/mol. The highest BCUT2D eigenvalue weighted by molar-refractivity contribution is 5.74. The number of hydrogen-bond acceptors (Lipinski definition) is 3. The number of ether oxygens (including phenoxy) is 1. The second-order valence-electron chi connectivity index (χ2n) is 5.69. The first-order valence-corrected chi connectivity index (χ1v) is 7.91. The smallest absolute Gasteiger partial charge is 0.317 e. The number of amides is 2. The fourth-order valence-corrected chi connectivity index (χ4v) is 2.42. The molecule has 1 atom stereocenters. The molecule has 1 unspecified atom stereocenters. The highest BCUT2D eigenvalue weighted by atomic mass is 16.5. The molecule has 0 bridgehead atoms. The van der Waals surface area contributed by atoms with Crippen molar-refractivity contribution < 1.29 is 19.4 Å². The Morgan fingerprint density at radius 1 is 1.38 bits per heavy atom. The first-order valence-electron chi connectivity index (χ1n) is 7.91. The Labute approximate surface area is 126 Å².